The van der Waals surface area contributed by atoms with E-state index in [4.69, 9.17) is 0 Å². The van der Waals surface area contributed by atoms with Crippen molar-refractivity contribution in [2.75, 3.05) is 19.7 Å². The molecule has 0 saturated heterocycles. The Morgan fingerprint density at radius 2 is 2.00 bits per heavy atom. The zero-order valence-electron chi connectivity index (χ0n) is 16.1. The number of nitrogens with one attached hydrogen (secondary N) is 2. The number of aliphatic imine (C=N–C) groups is 1. The molecule has 0 aliphatic rings. The molecule has 3 N–H and O–H groups in total. The summed E-state index contributed by atoms with van der Waals surface area (Å²) in [7, 11) is 1.98. The number of hydrogen-bond acceptors (Lipinski definition) is 3. The Morgan fingerprint density at radius 1 is 1.38 bits per heavy atom. The van der Waals surface area contributed by atoms with Gasteiger partial charge in [0.1, 0.15) is 0 Å². The van der Waals surface area contributed by atoms with Crippen molar-refractivity contribution in [2.24, 2.45) is 17.5 Å². The lowest BCUT2D eigenvalue weighted by molar-refractivity contribution is 0.167. The van der Waals surface area contributed by atoms with E-state index >= 15 is 0 Å². The number of aromatic nitrogens is 2. The Labute approximate surface area is 163 Å². The highest BCUT2D eigenvalue weighted by Crippen LogP contribution is 2.15. The minimum atomic E-state index is -0.206. The lowest BCUT2D eigenvalue weighted by Crippen LogP contribution is -2.43. The Morgan fingerprint density at radius 3 is 2.46 bits per heavy atom. The fraction of sp³-hybridized carbons (Fsp3) is 0.765. The first-order valence-corrected chi connectivity index (χ1v) is 8.35. The molecule has 0 amide bonds. The topological polar surface area (TPSA) is 74.5 Å². The predicted molar refractivity (Wildman–Crippen MR) is 111 cm³/mol. The van der Waals surface area contributed by atoms with Gasteiger partial charge < -0.3 is 15.7 Å². The molecule has 1 heterocycles. The monoisotopic (exact) mass is 451 g/mol. The van der Waals surface area contributed by atoms with Crippen LogP contribution in [0.25, 0.3) is 0 Å². The lowest BCUT2D eigenvalue weighted by Gasteiger charge is -2.22. The van der Waals surface area contributed by atoms with Gasteiger partial charge in [0.2, 0.25) is 0 Å². The lowest BCUT2D eigenvalue weighted by atomic mass is 9.95. The van der Waals surface area contributed by atoms with Crippen LogP contribution in [0.5, 0.6) is 0 Å². The van der Waals surface area contributed by atoms with Crippen LogP contribution < -0.4 is 10.6 Å². The molecule has 1 atom stereocenters. The van der Waals surface area contributed by atoms with Crippen molar-refractivity contribution in [2.45, 2.75) is 54.0 Å². The van der Waals surface area contributed by atoms with Gasteiger partial charge in [-0.25, -0.2) is 0 Å². The summed E-state index contributed by atoms with van der Waals surface area (Å²) in [6.45, 7) is 13.9. The van der Waals surface area contributed by atoms with Crippen molar-refractivity contribution in [1.82, 2.24) is 20.4 Å². The normalized spacial score (nSPS) is 13.4. The first-order chi connectivity index (χ1) is 10.7. The Kier molecular flexibility index (Phi) is 9.87. The molecule has 0 bridgehead atoms. The summed E-state index contributed by atoms with van der Waals surface area (Å²) < 4.78 is 1.93. The van der Waals surface area contributed by atoms with Crippen LogP contribution in [0.2, 0.25) is 0 Å². The number of rotatable bonds is 7. The highest BCUT2D eigenvalue weighted by atomic mass is 127. The molecule has 7 heteroatoms. The Balaban J connectivity index is 0.00000529. The van der Waals surface area contributed by atoms with Gasteiger partial charge in [-0.05, 0) is 39.7 Å². The molecule has 1 rings (SSSR count). The number of guanidine groups is 1. The van der Waals surface area contributed by atoms with E-state index < -0.39 is 0 Å². The van der Waals surface area contributed by atoms with Crippen LogP contribution in [0, 0.1) is 19.3 Å². The molecule has 0 saturated carbocycles. The molecule has 6 nitrogen and oxygen atoms in total. The number of nitrogens with zero attached hydrogens (tertiary/aromatic N) is 3. The Bertz CT molecular complexity index is 539. The average molecular weight is 451 g/mol. The molecule has 1 unspecified atom stereocenters. The minimum absolute atomic E-state index is 0. The van der Waals surface area contributed by atoms with E-state index in [2.05, 4.69) is 48.4 Å². The van der Waals surface area contributed by atoms with Gasteiger partial charge in [0.05, 0.1) is 12.2 Å². The van der Waals surface area contributed by atoms with Gasteiger partial charge in [0.15, 0.2) is 5.96 Å². The van der Waals surface area contributed by atoms with E-state index in [0.29, 0.717) is 6.54 Å². The third kappa shape index (κ3) is 6.96. The number of aryl methyl sites for hydroxylation is 2. The Hall–Kier alpha value is -0.830. The van der Waals surface area contributed by atoms with Gasteiger partial charge in [-0.1, -0.05) is 13.8 Å². The molecular formula is C17H34IN5O. The van der Waals surface area contributed by atoms with Crippen molar-refractivity contribution >= 4 is 29.9 Å². The molecular weight excluding hydrogens is 417 g/mol. The van der Waals surface area contributed by atoms with Crippen LogP contribution in [0.1, 0.15) is 44.6 Å². The number of hydrogen-bond donors (Lipinski definition) is 3. The largest absolute Gasteiger partial charge is 0.396 e. The summed E-state index contributed by atoms with van der Waals surface area (Å²) in [6.07, 6.45) is 0.902. The second-order valence-electron chi connectivity index (χ2n) is 7.04. The third-order valence-corrected chi connectivity index (χ3v) is 3.99. The molecule has 0 spiro atoms. The van der Waals surface area contributed by atoms with Crippen molar-refractivity contribution in [3.63, 3.8) is 0 Å². The maximum Gasteiger partial charge on any atom is 0.191 e. The number of aliphatic hydroxyl groups excluding tert-OH is 1. The molecule has 0 aliphatic carbocycles. The van der Waals surface area contributed by atoms with Gasteiger partial charge in [-0.2, -0.15) is 5.10 Å². The summed E-state index contributed by atoms with van der Waals surface area (Å²) in [5.74, 6) is 0.792. The molecule has 0 fully saturated rings. The van der Waals surface area contributed by atoms with E-state index in [0.717, 1.165) is 24.6 Å². The maximum atomic E-state index is 9.36. The first kappa shape index (κ1) is 23.2. The molecule has 0 aliphatic heterocycles. The van der Waals surface area contributed by atoms with Gasteiger partial charge in [0, 0.05) is 37.4 Å². The molecule has 0 aromatic carbocycles. The van der Waals surface area contributed by atoms with E-state index in [1.807, 2.05) is 25.6 Å². The van der Waals surface area contributed by atoms with Crippen LogP contribution in [-0.2, 0) is 13.5 Å². The van der Waals surface area contributed by atoms with Gasteiger partial charge >= 0.3 is 0 Å². The fourth-order valence-electron chi connectivity index (χ4n) is 2.37. The summed E-state index contributed by atoms with van der Waals surface area (Å²) >= 11 is 0. The minimum Gasteiger partial charge on any atom is -0.396 e. The zero-order valence-corrected chi connectivity index (χ0v) is 18.4. The first-order valence-electron chi connectivity index (χ1n) is 8.35. The second-order valence-corrected chi connectivity index (χ2v) is 7.04. The van der Waals surface area contributed by atoms with Crippen LogP contribution in [0.3, 0.4) is 0 Å². The standard InChI is InChI=1S/C17H33N5O.HI/c1-8-18-16(19-10-17(5,6)11-23)20-12(2)9-15-13(3)21-22(7)14(15)4;/h12,23H,8-11H2,1-7H3,(H2,18,19,20);1H. The van der Waals surface area contributed by atoms with E-state index in [1.54, 1.807) is 0 Å². The van der Waals surface area contributed by atoms with Crippen molar-refractivity contribution in [1.29, 1.82) is 0 Å². The summed E-state index contributed by atoms with van der Waals surface area (Å²) in [5, 5.41) is 20.5. The maximum absolute atomic E-state index is 9.36. The van der Waals surface area contributed by atoms with Crippen LogP contribution >= 0.6 is 24.0 Å². The van der Waals surface area contributed by atoms with Crippen LogP contribution in [-0.4, -0.2) is 46.6 Å². The van der Waals surface area contributed by atoms with E-state index in [9.17, 15) is 5.11 Å². The fourth-order valence-corrected chi connectivity index (χ4v) is 2.37. The van der Waals surface area contributed by atoms with Gasteiger partial charge in [-0.15, -0.1) is 24.0 Å². The predicted octanol–water partition coefficient (Wildman–Crippen LogP) is 2.16. The van der Waals surface area contributed by atoms with Crippen LogP contribution in [0.4, 0.5) is 0 Å². The SMILES string of the molecule is CCNC(=NCC(C)(C)CO)NC(C)Cc1c(C)nn(C)c1C.I. The van der Waals surface area contributed by atoms with Crippen LogP contribution in [0.15, 0.2) is 4.99 Å². The van der Waals surface area contributed by atoms with Gasteiger partial charge in [-0.3, -0.25) is 9.67 Å². The molecule has 0 radical (unpaired) electrons. The molecule has 24 heavy (non-hydrogen) atoms. The quantitative estimate of drug-likeness (QED) is 0.338. The van der Waals surface area contributed by atoms with Crippen molar-refractivity contribution in [3.8, 4) is 0 Å². The molecule has 1 aromatic rings. The summed E-state index contributed by atoms with van der Waals surface area (Å²) in [4.78, 5) is 4.60. The highest BCUT2D eigenvalue weighted by Gasteiger charge is 2.17. The van der Waals surface area contributed by atoms with Crippen molar-refractivity contribution < 1.29 is 5.11 Å². The number of aliphatic hydroxyl groups is 1. The van der Waals surface area contributed by atoms with Gasteiger partial charge in [0.25, 0.3) is 0 Å². The molecule has 1 aromatic heterocycles. The smallest absolute Gasteiger partial charge is 0.191 e. The van der Waals surface area contributed by atoms with E-state index in [-0.39, 0.29) is 42.0 Å². The van der Waals surface area contributed by atoms with E-state index in [1.165, 1.54) is 11.3 Å². The third-order valence-electron chi connectivity index (χ3n) is 3.99. The summed E-state index contributed by atoms with van der Waals surface area (Å²) in [5.41, 5.74) is 3.38. The summed E-state index contributed by atoms with van der Waals surface area (Å²) in [6, 6.07) is 0.242. The second kappa shape index (κ2) is 10.2. The zero-order chi connectivity index (χ0) is 17.6. The highest BCUT2D eigenvalue weighted by molar-refractivity contribution is 14.0. The number of halogens is 1. The molecule has 140 valence electrons. The average Bonchev–Trinajstić information content (AvgIpc) is 2.71. The van der Waals surface area contributed by atoms with Crippen molar-refractivity contribution in [3.05, 3.63) is 17.0 Å².